The molecule has 0 bridgehead atoms. The van der Waals surface area contributed by atoms with Crippen LogP contribution in [-0.2, 0) is 32.1 Å². The van der Waals surface area contributed by atoms with Crippen LogP contribution in [0.15, 0.2) is 48.5 Å². The molecule has 0 aromatic heterocycles. The fourth-order valence-corrected chi connectivity index (χ4v) is 3.77. The standard InChI is InChI=1S/C28H35ClN2O7/c1-18(26(35)30-16-20-15-21(29)11-13-24(20)37-17-25(33)34)14-23(32)22(31-27(36)38-28(2,3)4)12-10-19-8-6-5-7-9-19/h5-9,11,13,15,18,22H,10,12,14,16-17H2,1-4H3,(H,30,35)(H,31,36)(H,33,34)/t18-,22-/m1/s1. The van der Waals surface area contributed by atoms with Crippen molar-refractivity contribution < 1.29 is 33.8 Å². The number of carbonyl (C=O) groups is 4. The number of aryl methyl sites for hydroxylation is 1. The van der Waals surface area contributed by atoms with E-state index in [9.17, 15) is 19.2 Å². The molecule has 2 atom stereocenters. The lowest BCUT2D eigenvalue weighted by Gasteiger charge is -2.24. The molecule has 0 fully saturated rings. The van der Waals surface area contributed by atoms with E-state index in [0.717, 1.165) is 5.56 Å². The molecule has 0 aliphatic carbocycles. The van der Waals surface area contributed by atoms with Gasteiger partial charge in [0.05, 0.1) is 6.04 Å². The maximum atomic E-state index is 13.2. The highest BCUT2D eigenvalue weighted by molar-refractivity contribution is 6.30. The lowest BCUT2D eigenvalue weighted by atomic mass is 9.95. The van der Waals surface area contributed by atoms with Crippen molar-refractivity contribution in [1.82, 2.24) is 10.6 Å². The molecule has 2 amide bonds. The Hall–Kier alpha value is -3.59. The number of nitrogens with one attached hydrogen (secondary N) is 2. The van der Waals surface area contributed by atoms with Crippen LogP contribution in [0.4, 0.5) is 4.79 Å². The number of ketones is 1. The summed E-state index contributed by atoms with van der Waals surface area (Å²) in [6.45, 7) is 6.31. The fourth-order valence-electron chi connectivity index (χ4n) is 3.58. The van der Waals surface area contributed by atoms with Gasteiger partial charge in [-0.05, 0) is 57.4 Å². The summed E-state index contributed by atoms with van der Waals surface area (Å²) in [6.07, 6.45) is 0.111. The van der Waals surface area contributed by atoms with Gasteiger partial charge in [0.15, 0.2) is 12.4 Å². The Morgan fingerprint density at radius 2 is 1.74 bits per heavy atom. The summed E-state index contributed by atoms with van der Waals surface area (Å²) in [5, 5.41) is 14.7. The molecule has 0 unspecified atom stereocenters. The van der Waals surface area contributed by atoms with Crippen LogP contribution >= 0.6 is 11.6 Å². The Balaban J connectivity index is 2.02. The van der Waals surface area contributed by atoms with Gasteiger partial charge in [0.25, 0.3) is 0 Å². The van der Waals surface area contributed by atoms with Crippen LogP contribution in [0.1, 0.15) is 51.7 Å². The third kappa shape index (κ3) is 11.2. The van der Waals surface area contributed by atoms with Crippen LogP contribution in [-0.4, -0.2) is 47.1 Å². The summed E-state index contributed by atoms with van der Waals surface area (Å²) in [4.78, 5) is 49.2. The van der Waals surface area contributed by atoms with Crippen molar-refractivity contribution in [1.29, 1.82) is 0 Å². The molecule has 10 heteroatoms. The summed E-state index contributed by atoms with van der Waals surface area (Å²) in [5.74, 6) is -2.22. The number of benzene rings is 2. The highest BCUT2D eigenvalue weighted by Crippen LogP contribution is 2.23. The topological polar surface area (TPSA) is 131 Å². The van der Waals surface area contributed by atoms with Crippen LogP contribution in [0.25, 0.3) is 0 Å². The second-order valence-electron chi connectivity index (χ2n) is 9.95. The molecule has 3 N–H and O–H groups in total. The zero-order chi connectivity index (χ0) is 28.3. The largest absolute Gasteiger partial charge is 0.482 e. The molecule has 9 nitrogen and oxygen atoms in total. The van der Waals surface area contributed by atoms with Gasteiger partial charge in [0.1, 0.15) is 11.4 Å². The maximum absolute atomic E-state index is 13.2. The number of halogens is 1. The molecule has 0 aliphatic rings. The minimum atomic E-state index is -1.14. The van der Waals surface area contributed by atoms with Crippen molar-refractivity contribution in [2.24, 2.45) is 5.92 Å². The van der Waals surface area contributed by atoms with Crippen LogP contribution in [0.3, 0.4) is 0 Å². The van der Waals surface area contributed by atoms with E-state index in [4.69, 9.17) is 26.2 Å². The molecule has 2 aromatic rings. The van der Waals surface area contributed by atoms with Gasteiger partial charge in [0, 0.05) is 29.5 Å². The molecule has 0 saturated carbocycles. The fraction of sp³-hybridized carbons (Fsp3) is 0.429. The van der Waals surface area contributed by atoms with Crippen molar-refractivity contribution >= 4 is 35.4 Å². The number of hydrogen-bond donors (Lipinski definition) is 3. The smallest absolute Gasteiger partial charge is 0.408 e. The molecule has 2 rings (SSSR count). The van der Waals surface area contributed by atoms with E-state index in [1.54, 1.807) is 39.8 Å². The van der Waals surface area contributed by atoms with Gasteiger partial charge in [-0.1, -0.05) is 48.9 Å². The first-order chi connectivity index (χ1) is 17.8. The zero-order valence-corrected chi connectivity index (χ0v) is 22.8. The molecule has 0 heterocycles. The number of carboxylic acids is 1. The Bertz CT molecular complexity index is 1120. The minimum Gasteiger partial charge on any atom is -0.482 e. The Morgan fingerprint density at radius 1 is 1.05 bits per heavy atom. The zero-order valence-electron chi connectivity index (χ0n) is 22.1. The van der Waals surface area contributed by atoms with Gasteiger partial charge >= 0.3 is 12.1 Å². The third-order valence-corrected chi connectivity index (χ3v) is 5.66. The van der Waals surface area contributed by atoms with Crippen LogP contribution in [0.2, 0.25) is 5.02 Å². The predicted molar refractivity (Wildman–Crippen MR) is 143 cm³/mol. The third-order valence-electron chi connectivity index (χ3n) is 5.43. The van der Waals surface area contributed by atoms with E-state index in [2.05, 4.69) is 10.6 Å². The first-order valence-electron chi connectivity index (χ1n) is 12.3. The summed E-state index contributed by atoms with van der Waals surface area (Å²) in [6, 6.07) is 13.4. The molecular weight excluding hydrogens is 512 g/mol. The van der Waals surface area contributed by atoms with Gasteiger partial charge in [-0.15, -0.1) is 0 Å². The first-order valence-corrected chi connectivity index (χ1v) is 12.7. The number of aliphatic carboxylic acids is 1. The number of alkyl carbamates (subject to hydrolysis) is 1. The summed E-state index contributed by atoms with van der Waals surface area (Å²) in [5.41, 5.74) is 0.792. The molecule has 0 radical (unpaired) electrons. The van der Waals surface area contributed by atoms with Gasteiger partial charge in [-0.2, -0.15) is 0 Å². The molecule has 0 saturated heterocycles. The first kappa shape index (κ1) is 30.6. The van der Waals surface area contributed by atoms with Gasteiger partial charge < -0.3 is 25.2 Å². The highest BCUT2D eigenvalue weighted by Gasteiger charge is 2.27. The average molecular weight is 547 g/mol. The number of carboxylic acid groups (broad SMARTS) is 1. The van der Waals surface area contributed by atoms with E-state index in [0.29, 0.717) is 23.4 Å². The van der Waals surface area contributed by atoms with Crippen molar-refractivity contribution in [3.63, 3.8) is 0 Å². The second kappa shape index (κ2) is 14.4. The number of rotatable bonds is 13. The Kier molecular flexibility index (Phi) is 11.6. The van der Waals surface area contributed by atoms with E-state index in [1.807, 2.05) is 30.3 Å². The van der Waals surface area contributed by atoms with E-state index in [1.165, 1.54) is 6.07 Å². The van der Waals surface area contributed by atoms with Crippen molar-refractivity contribution in [3.8, 4) is 5.75 Å². The molecule has 0 spiro atoms. The summed E-state index contributed by atoms with van der Waals surface area (Å²) in [7, 11) is 0. The van der Waals surface area contributed by atoms with Gasteiger partial charge in [-0.3, -0.25) is 9.59 Å². The van der Waals surface area contributed by atoms with E-state index in [-0.39, 0.29) is 30.4 Å². The SMILES string of the molecule is C[C@H](CC(=O)[C@@H](CCc1ccccc1)NC(=O)OC(C)(C)C)C(=O)NCc1cc(Cl)ccc1OCC(=O)O. The highest BCUT2D eigenvalue weighted by atomic mass is 35.5. The monoisotopic (exact) mass is 546 g/mol. The van der Waals surface area contributed by atoms with Crippen molar-refractivity contribution in [2.75, 3.05) is 6.61 Å². The Morgan fingerprint density at radius 3 is 2.37 bits per heavy atom. The van der Waals surface area contributed by atoms with E-state index < -0.39 is 36.2 Å². The predicted octanol–water partition coefficient (Wildman–Crippen LogP) is 4.54. The van der Waals surface area contributed by atoms with Crippen molar-refractivity contribution in [3.05, 3.63) is 64.7 Å². The van der Waals surface area contributed by atoms with Crippen LogP contribution in [0.5, 0.6) is 5.75 Å². The lowest BCUT2D eigenvalue weighted by Crippen LogP contribution is -2.44. The van der Waals surface area contributed by atoms with Crippen LogP contribution in [0, 0.1) is 5.92 Å². The van der Waals surface area contributed by atoms with Crippen molar-refractivity contribution in [2.45, 2.75) is 65.1 Å². The molecule has 206 valence electrons. The molecule has 38 heavy (non-hydrogen) atoms. The molecule has 0 aliphatic heterocycles. The molecular formula is C28H35ClN2O7. The number of carbonyl (C=O) groups excluding carboxylic acids is 3. The van der Waals surface area contributed by atoms with Crippen LogP contribution < -0.4 is 15.4 Å². The minimum absolute atomic E-state index is 0.0282. The van der Waals surface area contributed by atoms with Gasteiger partial charge in [-0.25, -0.2) is 9.59 Å². The number of ether oxygens (including phenoxy) is 2. The number of amides is 2. The van der Waals surface area contributed by atoms with Gasteiger partial charge in [0.2, 0.25) is 5.91 Å². The number of hydrogen-bond acceptors (Lipinski definition) is 6. The normalized spacial score (nSPS) is 12.7. The molecule has 2 aromatic carbocycles. The second-order valence-corrected chi connectivity index (χ2v) is 10.4. The Labute approximate surface area is 227 Å². The summed E-state index contributed by atoms with van der Waals surface area (Å²) < 4.78 is 10.6. The lowest BCUT2D eigenvalue weighted by molar-refractivity contribution is -0.139. The average Bonchev–Trinajstić information content (AvgIpc) is 2.83. The summed E-state index contributed by atoms with van der Waals surface area (Å²) >= 11 is 6.04. The van der Waals surface area contributed by atoms with E-state index >= 15 is 0 Å². The number of Topliss-reactive ketones (excluding diaryl/α,β-unsaturated/α-hetero) is 1. The maximum Gasteiger partial charge on any atom is 0.408 e. The quantitative estimate of drug-likeness (QED) is 0.336.